The number of alkyl halides is 1. The third-order valence-corrected chi connectivity index (χ3v) is 3.39. The van der Waals surface area contributed by atoms with Crippen molar-refractivity contribution in [2.45, 2.75) is 19.3 Å². The molecule has 104 valence electrons. The van der Waals surface area contributed by atoms with Crippen molar-refractivity contribution in [3.8, 4) is 0 Å². The maximum atomic E-state index is 13.6. The van der Waals surface area contributed by atoms with E-state index in [0.717, 1.165) is 0 Å². The highest BCUT2D eigenvalue weighted by molar-refractivity contribution is 6.31. The molecule has 0 bridgehead atoms. The van der Waals surface area contributed by atoms with Crippen LogP contribution in [0.3, 0.4) is 0 Å². The van der Waals surface area contributed by atoms with E-state index in [1.54, 1.807) is 11.5 Å². The summed E-state index contributed by atoms with van der Waals surface area (Å²) in [6, 6.07) is 2.80. The molecule has 0 unspecified atom stereocenters. The van der Waals surface area contributed by atoms with Gasteiger partial charge >= 0.3 is 0 Å². The highest BCUT2D eigenvalue weighted by Crippen LogP contribution is 2.25. The maximum absolute atomic E-state index is 13.6. The number of aryl methyl sites for hydroxylation is 1. The molecule has 20 heavy (non-hydrogen) atoms. The van der Waals surface area contributed by atoms with Gasteiger partial charge in [0, 0.05) is 13.0 Å². The van der Waals surface area contributed by atoms with Gasteiger partial charge in [0.25, 0.3) is 0 Å². The lowest BCUT2D eigenvalue weighted by molar-refractivity contribution is 0.386. The minimum atomic E-state index is -0.509. The predicted molar refractivity (Wildman–Crippen MR) is 72.4 cm³/mol. The molecule has 5 nitrogen and oxygen atoms in total. The molecule has 0 amide bonds. The minimum Gasteiger partial charge on any atom is -0.340 e. The number of benzene rings is 1. The van der Waals surface area contributed by atoms with E-state index in [4.69, 9.17) is 27.7 Å². The zero-order valence-corrected chi connectivity index (χ0v) is 11.9. The number of aromatic nitrogens is 4. The highest BCUT2D eigenvalue weighted by atomic mass is 35.5. The van der Waals surface area contributed by atoms with E-state index in [-0.39, 0.29) is 10.9 Å². The van der Waals surface area contributed by atoms with Crippen LogP contribution < -0.4 is 0 Å². The molecule has 3 aromatic rings. The molecule has 0 atom stereocenters. The summed E-state index contributed by atoms with van der Waals surface area (Å²) in [5, 5.41) is 3.84. The Kier molecular flexibility index (Phi) is 3.35. The monoisotopic (exact) mass is 314 g/mol. The second-order valence-corrected chi connectivity index (χ2v) is 4.91. The lowest BCUT2D eigenvalue weighted by Crippen LogP contribution is -2.05. The van der Waals surface area contributed by atoms with Gasteiger partial charge in [0.15, 0.2) is 5.82 Å². The van der Waals surface area contributed by atoms with Crippen LogP contribution in [0.2, 0.25) is 5.02 Å². The van der Waals surface area contributed by atoms with Gasteiger partial charge in [-0.1, -0.05) is 16.8 Å². The van der Waals surface area contributed by atoms with Gasteiger partial charge in [0.2, 0.25) is 5.89 Å². The van der Waals surface area contributed by atoms with E-state index in [2.05, 4.69) is 15.1 Å². The second kappa shape index (κ2) is 5.03. The fourth-order valence-corrected chi connectivity index (χ4v) is 2.36. The Morgan fingerprint density at radius 2 is 2.15 bits per heavy atom. The van der Waals surface area contributed by atoms with Crippen LogP contribution in [-0.4, -0.2) is 19.7 Å². The first-order valence-electron chi connectivity index (χ1n) is 5.78. The summed E-state index contributed by atoms with van der Waals surface area (Å²) in [4.78, 5) is 8.45. The Bertz CT molecular complexity index is 783. The van der Waals surface area contributed by atoms with Crippen molar-refractivity contribution in [3.63, 3.8) is 0 Å². The lowest BCUT2D eigenvalue weighted by atomic mass is 10.3. The first-order chi connectivity index (χ1) is 9.58. The van der Waals surface area contributed by atoms with Crippen LogP contribution in [-0.2, 0) is 12.4 Å². The van der Waals surface area contributed by atoms with Crippen molar-refractivity contribution in [3.05, 3.63) is 40.5 Å². The lowest BCUT2D eigenvalue weighted by Gasteiger charge is -2.04. The van der Waals surface area contributed by atoms with Crippen LogP contribution in [0.15, 0.2) is 16.7 Å². The van der Waals surface area contributed by atoms with Gasteiger partial charge in [0.05, 0.1) is 28.5 Å². The fraction of sp³-hybridized carbons (Fsp3) is 0.250. The number of halogens is 3. The summed E-state index contributed by atoms with van der Waals surface area (Å²) >= 11 is 11.6. The number of hydrogen-bond donors (Lipinski definition) is 0. The Balaban J connectivity index is 2.14. The molecule has 1 aromatic carbocycles. The molecule has 0 saturated carbocycles. The summed E-state index contributed by atoms with van der Waals surface area (Å²) < 4.78 is 20.3. The number of nitrogens with zero attached hydrogens (tertiary/aromatic N) is 4. The third kappa shape index (κ3) is 2.25. The van der Waals surface area contributed by atoms with E-state index in [9.17, 15) is 4.39 Å². The van der Waals surface area contributed by atoms with Crippen LogP contribution in [0.25, 0.3) is 11.0 Å². The predicted octanol–water partition coefficient (Wildman–Crippen LogP) is 3.31. The fourth-order valence-electron chi connectivity index (χ4n) is 2.00. The third-order valence-electron chi connectivity index (χ3n) is 2.86. The van der Waals surface area contributed by atoms with Gasteiger partial charge in [0.1, 0.15) is 11.6 Å². The number of imidazole rings is 1. The van der Waals surface area contributed by atoms with Crippen molar-refractivity contribution < 1.29 is 8.91 Å². The molecule has 0 aliphatic carbocycles. The zero-order chi connectivity index (χ0) is 14.3. The molecular weight excluding hydrogens is 306 g/mol. The standard InChI is InChI=1S/C12H9Cl2FN4O/c1-6-16-11(18-20-6)5-19-10-3-8(15)7(14)2-9(10)17-12(19)4-13/h2-3H,4-5H2,1H3. The number of hydrogen-bond acceptors (Lipinski definition) is 4. The average Bonchev–Trinajstić information content (AvgIpc) is 2.96. The summed E-state index contributed by atoms with van der Waals surface area (Å²) in [6.45, 7) is 2.00. The number of rotatable bonds is 3. The van der Waals surface area contributed by atoms with Gasteiger partial charge in [-0.05, 0) is 6.07 Å². The van der Waals surface area contributed by atoms with E-state index in [1.165, 1.54) is 12.1 Å². The second-order valence-electron chi connectivity index (χ2n) is 4.23. The van der Waals surface area contributed by atoms with Crippen LogP contribution in [0.1, 0.15) is 17.5 Å². The van der Waals surface area contributed by atoms with E-state index >= 15 is 0 Å². The van der Waals surface area contributed by atoms with Gasteiger partial charge in [-0.15, -0.1) is 11.6 Å². The Labute approximate surface area is 123 Å². The molecule has 2 aromatic heterocycles. The molecule has 0 aliphatic heterocycles. The summed E-state index contributed by atoms with van der Waals surface area (Å²) in [5.74, 6) is 1.20. The molecule has 0 aliphatic rings. The van der Waals surface area contributed by atoms with E-state index in [0.29, 0.717) is 35.1 Å². The van der Waals surface area contributed by atoms with Crippen LogP contribution in [0, 0.1) is 12.7 Å². The molecule has 0 N–H and O–H groups in total. The topological polar surface area (TPSA) is 56.7 Å². The van der Waals surface area contributed by atoms with Crippen molar-refractivity contribution in [1.29, 1.82) is 0 Å². The highest BCUT2D eigenvalue weighted by Gasteiger charge is 2.15. The number of fused-ring (bicyclic) bond motifs is 1. The van der Waals surface area contributed by atoms with Crippen LogP contribution in [0.5, 0.6) is 0 Å². The normalized spacial score (nSPS) is 11.4. The SMILES string of the molecule is Cc1nc(Cn2c(CCl)nc3cc(Cl)c(F)cc32)no1. The van der Waals surface area contributed by atoms with Gasteiger partial charge in [-0.3, -0.25) is 0 Å². The van der Waals surface area contributed by atoms with Crippen LogP contribution in [0.4, 0.5) is 4.39 Å². The van der Waals surface area contributed by atoms with Gasteiger partial charge < -0.3 is 9.09 Å². The molecular formula is C12H9Cl2FN4O. The largest absolute Gasteiger partial charge is 0.340 e. The summed E-state index contributed by atoms with van der Waals surface area (Å²) in [5.41, 5.74) is 1.16. The molecule has 0 fully saturated rings. The first kappa shape index (κ1) is 13.3. The molecule has 2 heterocycles. The Morgan fingerprint density at radius 3 is 2.80 bits per heavy atom. The van der Waals surface area contributed by atoms with Gasteiger partial charge in [-0.25, -0.2) is 9.37 Å². The molecule has 0 radical (unpaired) electrons. The Morgan fingerprint density at radius 1 is 1.35 bits per heavy atom. The van der Waals surface area contributed by atoms with Crippen molar-refractivity contribution >= 4 is 34.2 Å². The molecule has 8 heteroatoms. The zero-order valence-electron chi connectivity index (χ0n) is 10.4. The van der Waals surface area contributed by atoms with Crippen molar-refractivity contribution in [2.75, 3.05) is 0 Å². The molecule has 0 saturated heterocycles. The summed E-state index contributed by atoms with van der Waals surface area (Å²) in [7, 11) is 0. The van der Waals surface area contributed by atoms with Crippen molar-refractivity contribution in [2.24, 2.45) is 0 Å². The minimum absolute atomic E-state index is 0.0266. The van der Waals surface area contributed by atoms with E-state index < -0.39 is 5.82 Å². The van der Waals surface area contributed by atoms with Crippen molar-refractivity contribution in [1.82, 2.24) is 19.7 Å². The Hall–Kier alpha value is -1.66. The van der Waals surface area contributed by atoms with E-state index in [1.807, 2.05) is 0 Å². The summed E-state index contributed by atoms with van der Waals surface area (Å²) in [6.07, 6.45) is 0. The molecule has 0 spiro atoms. The maximum Gasteiger partial charge on any atom is 0.223 e. The smallest absolute Gasteiger partial charge is 0.223 e. The first-order valence-corrected chi connectivity index (χ1v) is 6.69. The quantitative estimate of drug-likeness (QED) is 0.696. The van der Waals surface area contributed by atoms with Crippen LogP contribution >= 0.6 is 23.2 Å². The molecule has 3 rings (SSSR count). The average molecular weight is 315 g/mol. The van der Waals surface area contributed by atoms with Gasteiger partial charge in [-0.2, -0.15) is 4.98 Å².